The van der Waals surface area contributed by atoms with Crippen LogP contribution in [0.5, 0.6) is 0 Å². The van der Waals surface area contributed by atoms with Gasteiger partial charge >= 0.3 is 0 Å². The zero-order valence-corrected chi connectivity index (χ0v) is 14.1. The molecule has 3 heterocycles. The van der Waals surface area contributed by atoms with E-state index in [1.54, 1.807) is 23.4 Å². The van der Waals surface area contributed by atoms with E-state index in [1.165, 1.54) is 0 Å². The molecule has 0 radical (unpaired) electrons. The normalized spacial score (nSPS) is 11.3. The summed E-state index contributed by atoms with van der Waals surface area (Å²) in [6.45, 7) is 7.02. The third-order valence-electron chi connectivity index (χ3n) is 3.73. The minimum Gasteiger partial charge on any atom is -0.339 e. The highest BCUT2D eigenvalue weighted by molar-refractivity contribution is 5.94. The van der Waals surface area contributed by atoms with E-state index in [0.717, 1.165) is 12.1 Å². The predicted molar refractivity (Wildman–Crippen MR) is 88.4 cm³/mol. The highest BCUT2D eigenvalue weighted by Gasteiger charge is 2.18. The highest BCUT2D eigenvalue weighted by atomic mass is 16.5. The first-order valence-corrected chi connectivity index (χ1v) is 8.10. The van der Waals surface area contributed by atoms with Crippen LogP contribution in [-0.4, -0.2) is 36.9 Å². The Balaban J connectivity index is 1.75. The van der Waals surface area contributed by atoms with Crippen LogP contribution in [0.15, 0.2) is 35.2 Å². The fourth-order valence-corrected chi connectivity index (χ4v) is 2.51. The number of carbonyl (C=O) groups is 1. The van der Waals surface area contributed by atoms with Crippen molar-refractivity contribution < 1.29 is 9.32 Å². The Morgan fingerprint density at radius 2 is 2.21 bits per heavy atom. The lowest BCUT2D eigenvalue weighted by atomic mass is 10.1. The van der Waals surface area contributed by atoms with Crippen molar-refractivity contribution in [3.8, 4) is 0 Å². The number of rotatable bonds is 6. The maximum absolute atomic E-state index is 12.7. The second-order valence-corrected chi connectivity index (χ2v) is 6.13. The van der Waals surface area contributed by atoms with Crippen molar-refractivity contribution in [3.63, 3.8) is 0 Å². The van der Waals surface area contributed by atoms with Crippen LogP contribution in [0.4, 0.5) is 0 Å². The van der Waals surface area contributed by atoms with Gasteiger partial charge in [-0.15, -0.1) is 0 Å². The smallest absolute Gasteiger partial charge is 0.255 e. The number of carbonyl (C=O) groups excluding carboxylic acids is 1. The topological polar surface area (TPSA) is 76.5 Å². The molecule has 0 spiro atoms. The van der Waals surface area contributed by atoms with Gasteiger partial charge in [-0.1, -0.05) is 19.0 Å². The van der Waals surface area contributed by atoms with Crippen LogP contribution >= 0.6 is 0 Å². The van der Waals surface area contributed by atoms with Gasteiger partial charge in [-0.25, -0.2) is 4.98 Å². The fraction of sp³-hybridized carbons (Fsp3) is 0.412. The lowest BCUT2D eigenvalue weighted by molar-refractivity contribution is 0.0747. The van der Waals surface area contributed by atoms with Gasteiger partial charge in [-0.2, -0.15) is 4.98 Å². The van der Waals surface area contributed by atoms with E-state index in [-0.39, 0.29) is 5.91 Å². The van der Waals surface area contributed by atoms with Crippen molar-refractivity contribution in [1.29, 1.82) is 0 Å². The lowest BCUT2D eigenvalue weighted by Crippen LogP contribution is -2.31. The number of hydrogen-bond acceptors (Lipinski definition) is 5. The molecule has 24 heavy (non-hydrogen) atoms. The quantitative estimate of drug-likeness (QED) is 0.695. The highest BCUT2D eigenvalue weighted by Crippen LogP contribution is 2.11. The Kier molecular flexibility index (Phi) is 4.59. The molecule has 7 heteroatoms. The first-order valence-electron chi connectivity index (χ1n) is 8.10. The molecule has 0 aliphatic heterocycles. The minimum atomic E-state index is -0.0664. The van der Waals surface area contributed by atoms with Gasteiger partial charge in [0.1, 0.15) is 5.65 Å². The molecule has 3 aromatic heterocycles. The van der Waals surface area contributed by atoms with Gasteiger partial charge in [0.2, 0.25) is 5.89 Å². The molecule has 0 saturated heterocycles. The summed E-state index contributed by atoms with van der Waals surface area (Å²) in [5.74, 6) is 1.53. The van der Waals surface area contributed by atoms with Crippen molar-refractivity contribution in [2.45, 2.75) is 33.7 Å². The number of hydrogen-bond donors (Lipinski definition) is 0. The molecule has 0 bridgehead atoms. The average Bonchev–Trinajstić information content (AvgIpc) is 3.19. The Bertz CT molecular complexity index is 836. The molecule has 0 fully saturated rings. The molecule has 126 valence electrons. The van der Waals surface area contributed by atoms with E-state index in [9.17, 15) is 4.79 Å². The van der Waals surface area contributed by atoms with Gasteiger partial charge in [0.25, 0.3) is 5.91 Å². The minimum absolute atomic E-state index is 0.0664. The van der Waals surface area contributed by atoms with Crippen molar-refractivity contribution in [2.24, 2.45) is 5.92 Å². The zero-order valence-electron chi connectivity index (χ0n) is 14.1. The molecule has 0 N–H and O–H groups in total. The third-order valence-corrected chi connectivity index (χ3v) is 3.73. The molecule has 0 saturated carbocycles. The van der Waals surface area contributed by atoms with Gasteiger partial charge in [-0.05, 0) is 25.0 Å². The molecule has 3 aromatic rings. The Labute approximate surface area is 140 Å². The molecule has 0 atom stereocenters. The first kappa shape index (κ1) is 16.2. The largest absolute Gasteiger partial charge is 0.339 e. The van der Waals surface area contributed by atoms with Gasteiger partial charge < -0.3 is 13.8 Å². The molecule has 3 rings (SSSR count). The monoisotopic (exact) mass is 327 g/mol. The van der Waals surface area contributed by atoms with Gasteiger partial charge in [0.05, 0.1) is 12.1 Å². The van der Waals surface area contributed by atoms with Crippen molar-refractivity contribution in [2.75, 3.05) is 6.54 Å². The standard InChI is InChI=1S/C17H21N5O2/c1-4-21(11-14-19-16(24-20-14)9-12(2)3)17(23)13-5-6-15-18-7-8-22(15)10-13/h5-8,10,12H,4,9,11H2,1-3H3. The van der Waals surface area contributed by atoms with Gasteiger partial charge in [0.15, 0.2) is 5.82 Å². The van der Waals surface area contributed by atoms with E-state index in [0.29, 0.717) is 36.3 Å². The maximum Gasteiger partial charge on any atom is 0.255 e. The van der Waals surface area contributed by atoms with E-state index in [4.69, 9.17) is 4.52 Å². The van der Waals surface area contributed by atoms with Crippen LogP contribution in [0.3, 0.4) is 0 Å². The average molecular weight is 327 g/mol. The first-order chi connectivity index (χ1) is 11.6. The number of fused-ring (bicyclic) bond motifs is 1. The van der Waals surface area contributed by atoms with Crippen LogP contribution in [0.1, 0.15) is 42.8 Å². The fourth-order valence-electron chi connectivity index (χ4n) is 2.51. The number of amides is 1. The summed E-state index contributed by atoms with van der Waals surface area (Å²) in [6, 6.07) is 3.61. The summed E-state index contributed by atoms with van der Waals surface area (Å²) in [5.41, 5.74) is 1.42. The Morgan fingerprint density at radius 3 is 2.96 bits per heavy atom. The SMILES string of the molecule is CCN(Cc1noc(CC(C)C)n1)C(=O)c1ccc2nccn2c1. The summed E-state index contributed by atoms with van der Waals surface area (Å²) in [4.78, 5) is 23.0. The number of imidazole rings is 1. The predicted octanol–water partition coefficient (Wildman–Crippen LogP) is 2.58. The molecule has 0 aromatic carbocycles. The molecule has 0 aliphatic carbocycles. The van der Waals surface area contributed by atoms with Gasteiger partial charge in [0, 0.05) is 31.6 Å². The number of nitrogens with zero attached hydrogens (tertiary/aromatic N) is 5. The Morgan fingerprint density at radius 1 is 1.38 bits per heavy atom. The Hall–Kier alpha value is -2.70. The van der Waals surface area contributed by atoms with E-state index in [2.05, 4.69) is 29.0 Å². The summed E-state index contributed by atoms with van der Waals surface area (Å²) in [7, 11) is 0. The third kappa shape index (κ3) is 3.45. The van der Waals surface area contributed by atoms with Crippen LogP contribution in [0.2, 0.25) is 0 Å². The van der Waals surface area contributed by atoms with Crippen molar-refractivity contribution in [3.05, 3.63) is 48.0 Å². The van der Waals surface area contributed by atoms with Crippen LogP contribution < -0.4 is 0 Å². The van der Waals surface area contributed by atoms with E-state index < -0.39 is 0 Å². The second kappa shape index (κ2) is 6.82. The zero-order chi connectivity index (χ0) is 17.1. The molecule has 7 nitrogen and oxygen atoms in total. The molecule has 1 amide bonds. The van der Waals surface area contributed by atoms with E-state index >= 15 is 0 Å². The molecular weight excluding hydrogens is 306 g/mol. The summed E-state index contributed by atoms with van der Waals surface area (Å²) >= 11 is 0. The molecular formula is C17H21N5O2. The van der Waals surface area contributed by atoms with Crippen molar-refractivity contribution >= 4 is 11.6 Å². The van der Waals surface area contributed by atoms with Crippen LogP contribution in [-0.2, 0) is 13.0 Å². The van der Waals surface area contributed by atoms with Crippen molar-refractivity contribution in [1.82, 2.24) is 24.4 Å². The van der Waals surface area contributed by atoms with Crippen LogP contribution in [0.25, 0.3) is 5.65 Å². The molecule has 0 aliphatic rings. The summed E-state index contributed by atoms with van der Waals surface area (Å²) in [5, 5.41) is 3.98. The number of pyridine rings is 1. The summed E-state index contributed by atoms with van der Waals surface area (Å²) < 4.78 is 7.07. The summed E-state index contributed by atoms with van der Waals surface area (Å²) in [6.07, 6.45) is 6.05. The van der Waals surface area contributed by atoms with Crippen LogP contribution in [0, 0.1) is 5.92 Å². The van der Waals surface area contributed by atoms with Gasteiger partial charge in [-0.3, -0.25) is 4.79 Å². The second-order valence-electron chi connectivity index (χ2n) is 6.13. The molecule has 0 unspecified atom stereocenters. The lowest BCUT2D eigenvalue weighted by Gasteiger charge is -2.19. The maximum atomic E-state index is 12.7. The van der Waals surface area contributed by atoms with E-state index in [1.807, 2.05) is 23.6 Å². The number of aromatic nitrogens is 4.